The van der Waals surface area contributed by atoms with Gasteiger partial charge >= 0.3 is 0 Å². The van der Waals surface area contributed by atoms with E-state index in [2.05, 4.69) is 10.3 Å². The number of nitrogens with one attached hydrogen (secondary N) is 1. The average Bonchev–Trinajstić information content (AvgIpc) is 2.23. The van der Waals surface area contributed by atoms with Crippen molar-refractivity contribution in [2.24, 2.45) is 5.92 Å². The van der Waals surface area contributed by atoms with Crippen LogP contribution in [0.1, 0.15) is 26.7 Å². The van der Waals surface area contributed by atoms with Gasteiger partial charge in [0.05, 0.1) is 17.6 Å². The topological polar surface area (TPSA) is 68.0 Å². The number of hydrogen-bond acceptors (Lipinski definition) is 3. The van der Waals surface area contributed by atoms with Crippen molar-refractivity contribution < 1.29 is 4.79 Å². The first-order chi connectivity index (χ1) is 7.19. The molecule has 0 spiro atoms. The quantitative estimate of drug-likeness (QED) is 0.793. The minimum Gasteiger partial charge on any atom is -0.396 e. The van der Waals surface area contributed by atoms with E-state index in [0.717, 1.165) is 12.8 Å². The molecule has 1 heterocycles. The molecule has 0 bridgehead atoms. The summed E-state index contributed by atoms with van der Waals surface area (Å²) in [6.45, 7) is 4.01. The first kappa shape index (κ1) is 11.5. The third-order valence-corrected chi connectivity index (χ3v) is 2.47. The van der Waals surface area contributed by atoms with E-state index in [1.165, 1.54) is 6.20 Å². The molecule has 0 unspecified atom stereocenters. The summed E-state index contributed by atoms with van der Waals surface area (Å²) in [5, 5.41) is 2.81. The highest BCUT2D eigenvalue weighted by molar-refractivity contribution is 5.95. The third kappa shape index (κ3) is 2.94. The third-order valence-electron chi connectivity index (χ3n) is 2.47. The molecule has 0 aliphatic carbocycles. The maximum absolute atomic E-state index is 11.7. The molecule has 0 saturated carbocycles. The second kappa shape index (κ2) is 5.34. The Hall–Kier alpha value is -1.58. The van der Waals surface area contributed by atoms with Crippen LogP contribution < -0.4 is 11.1 Å². The Morgan fingerprint density at radius 2 is 2.20 bits per heavy atom. The number of nitrogens with two attached hydrogens (primary N) is 1. The smallest absolute Gasteiger partial charge is 0.227 e. The highest BCUT2D eigenvalue weighted by Gasteiger charge is 2.14. The van der Waals surface area contributed by atoms with E-state index in [1.54, 1.807) is 12.3 Å². The summed E-state index contributed by atoms with van der Waals surface area (Å²) in [6.07, 6.45) is 4.82. The maximum Gasteiger partial charge on any atom is 0.227 e. The number of hydrogen-bond donors (Lipinski definition) is 2. The molecule has 0 atom stereocenters. The van der Waals surface area contributed by atoms with Crippen molar-refractivity contribution in [3.05, 3.63) is 18.5 Å². The number of aromatic nitrogens is 1. The summed E-state index contributed by atoms with van der Waals surface area (Å²) in [6, 6.07) is 1.70. The van der Waals surface area contributed by atoms with Crippen LogP contribution in [0.25, 0.3) is 0 Å². The van der Waals surface area contributed by atoms with E-state index in [4.69, 9.17) is 5.73 Å². The summed E-state index contributed by atoms with van der Waals surface area (Å²) < 4.78 is 0. The molecule has 15 heavy (non-hydrogen) atoms. The number of carbonyl (C=O) groups excluding carboxylic acids is 1. The predicted molar refractivity (Wildman–Crippen MR) is 61.4 cm³/mol. The van der Waals surface area contributed by atoms with Gasteiger partial charge in [0.15, 0.2) is 0 Å². The van der Waals surface area contributed by atoms with Gasteiger partial charge < -0.3 is 11.1 Å². The van der Waals surface area contributed by atoms with Gasteiger partial charge in [0.1, 0.15) is 0 Å². The van der Waals surface area contributed by atoms with Crippen LogP contribution in [0.4, 0.5) is 11.4 Å². The SMILES string of the molecule is CCC(CC)C(=O)Nc1ccncc1N. The molecule has 0 saturated heterocycles. The minimum absolute atomic E-state index is 0.0258. The fraction of sp³-hybridized carbons (Fsp3) is 0.455. The Labute approximate surface area is 89.9 Å². The standard InChI is InChI=1S/C11H17N3O/c1-3-8(4-2)11(15)14-10-5-6-13-7-9(10)12/h5-8H,3-4,12H2,1-2H3,(H,13,14,15). The van der Waals surface area contributed by atoms with Gasteiger partial charge in [-0.15, -0.1) is 0 Å². The molecule has 0 aliphatic heterocycles. The van der Waals surface area contributed by atoms with Crippen LogP contribution in [0.3, 0.4) is 0 Å². The monoisotopic (exact) mass is 207 g/mol. The van der Waals surface area contributed by atoms with Crippen molar-refractivity contribution in [2.75, 3.05) is 11.1 Å². The van der Waals surface area contributed by atoms with Crippen molar-refractivity contribution in [3.8, 4) is 0 Å². The van der Waals surface area contributed by atoms with E-state index in [1.807, 2.05) is 13.8 Å². The van der Waals surface area contributed by atoms with Gasteiger partial charge in [-0.05, 0) is 18.9 Å². The predicted octanol–water partition coefficient (Wildman–Crippen LogP) is 2.04. The molecule has 0 fully saturated rings. The number of nitrogen functional groups attached to an aromatic ring is 1. The molecule has 3 N–H and O–H groups in total. The van der Waals surface area contributed by atoms with Crippen LogP contribution in [0.15, 0.2) is 18.5 Å². The van der Waals surface area contributed by atoms with Gasteiger partial charge in [0.25, 0.3) is 0 Å². The highest BCUT2D eigenvalue weighted by Crippen LogP contribution is 2.18. The van der Waals surface area contributed by atoms with Gasteiger partial charge in [0, 0.05) is 12.1 Å². The summed E-state index contributed by atoms with van der Waals surface area (Å²) in [4.78, 5) is 15.6. The van der Waals surface area contributed by atoms with Crippen LogP contribution in [0.5, 0.6) is 0 Å². The summed E-state index contributed by atoms with van der Waals surface area (Å²) in [5.74, 6) is 0.0791. The molecule has 1 aromatic rings. The zero-order valence-electron chi connectivity index (χ0n) is 9.16. The molecule has 0 radical (unpaired) electrons. The zero-order chi connectivity index (χ0) is 11.3. The molecule has 82 valence electrons. The van der Waals surface area contributed by atoms with Crippen LogP contribution >= 0.6 is 0 Å². The van der Waals surface area contributed by atoms with Crippen LogP contribution in [-0.2, 0) is 4.79 Å². The van der Waals surface area contributed by atoms with Crippen molar-refractivity contribution in [3.63, 3.8) is 0 Å². The largest absolute Gasteiger partial charge is 0.396 e. The van der Waals surface area contributed by atoms with Gasteiger partial charge in [-0.2, -0.15) is 0 Å². The number of rotatable bonds is 4. The molecule has 4 heteroatoms. The van der Waals surface area contributed by atoms with Gasteiger partial charge in [-0.1, -0.05) is 13.8 Å². The van der Waals surface area contributed by atoms with Gasteiger partial charge in [0.2, 0.25) is 5.91 Å². The fourth-order valence-corrected chi connectivity index (χ4v) is 1.41. The lowest BCUT2D eigenvalue weighted by Gasteiger charge is -2.13. The molecule has 1 aromatic heterocycles. The van der Waals surface area contributed by atoms with Crippen molar-refractivity contribution in [1.29, 1.82) is 0 Å². The number of pyridine rings is 1. The van der Waals surface area contributed by atoms with E-state index in [-0.39, 0.29) is 11.8 Å². The van der Waals surface area contributed by atoms with Crippen molar-refractivity contribution in [1.82, 2.24) is 4.98 Å². The molecule has 1 amide bonds. The lowest BCUT2D eigenvalue weighted by molar-refractivity contribution is -0.120. The Balaban J connectivity index is 2.70. The second-order valence-electron chi connectivity index (χ2n) is 3.47. The lowest BCUT2D eigenvalue weighted by Crippen LogP contribution is -2.22. The van der Waals surface area contributed by atoms with E-state index in [9.17, 15) is 4.79 Å². The van der Waals surface area contributed by atoms with Crippen LogP contribution in [-0.4, -0.2) is 10.9 Å². The van der Waals surface area contributed by atoms with Crippen LogP contribution in [0, 0.1) is 5.92 Å². The van der Waals surface area contributed by atoms with Crippen molar-refractivity contribution in [2.45, 2.75) is 26.7 Å². The molecule has 4 nitrogen and oxygen atoms in total. The zero-order valence-corrected chi connectivity index (χ0v) is 9.16. The van der Waals surface area contributed by atoms with Crippen LogP contribution in [0.2, 0.25) is 0 Å². The molecular weight excluding hydrogens is 190 g/mol. The van der Waals surface area contributed by atoms with E-state index >= 15 is 0 Å². The average molecular weight is 207 g/mol. The fourth-order valence-electron chi connectivity index (χ4n) is 1.41. The summed E-state index contributed by atoms with van der Waals surface area (Å²) in [7, 11) is 0. The summed E-state index contributed by atoms with van der Waals surface area (Å²) >= 11 is 0. The highest BCUT2D eigenvalue weighted by atomic mass is 16.1. The number of anilines is 2. The first-order valence-corrected chi connectivity index (χ1v) is 5.19. The van der Waals surface area contributed by atoms with E-state index < -0.39 is 0 Å². The van der Waals surface area contributed by atoms with Gasteiger partial charge in [-0.3, -0.25) is 9.78 Å². The van der Waals surface area contributed by atoms with Crippen molar-refractivity contribution >= 4 is 17.3 Å². The molecule has 0 aromatic carbocycles. The van der Waals surface area contributed by atoms with Gasteiger partial charge in [-0.25, -0.2) is 0 Å². The minimum atomic E-state index is 0.0258. The Kier molecular flexibility index (Phi) is 4.09. The Bertz CT molecular complexity index is 334. The number of carbonyl (C=O) groups is 1. The first-order valence-electron chi connectivity index (χ1n) is 5.19. The summed E-state index contributed by atoms with van der Waals surface area (Å²) in [5.41, 5.74) is 6.81. The molecule has 0 aliphatic rings. The van der Waals surface area contributed by atoms with E-state index in [0.29, 0.717) is 11.4 Å². The number of amides is 1. The Morgan fingerprint density at radius 3 is 2.73 bits per heavy atom. The molecule has 1 rings (SSSR count). The second-order valence-corrected chi connectivity index (χ2v) is 3.47. The molecular formula is C11H17N3O. The normalized spacial score (nSPS) is 10.3. The lowest BCUT2D eigenvalue weighted by atomic mass is 10.0. The Morgan fingerprint density at radius 1 is 1.53 bits per heavy atom. The number of nitrogens with zero attached hydrogens (tertiary/aromatic N) is 1. The maximum atomic E-state index is 11.7.